The van der Waals surface area contributed by atoms with Crippen LogP contribution in [0.15, 0.2) is 6.33 Å². The average Bonchev–Trinajstić information content (AvgIpc) is 3.29. The third kappa shape index (κ3) is 2.50. The van der Waals surface area contributed by atoms with E-state index in [1.807, 2.05) is 0 Å². The average molecular weight is 365 g/mol. The van der Waals surface area contributed by atoms with Crippen LogP contribution in [-0.2, 0) is 11.8 Å². The predicted octanol–water partition coefficient (Wildman–Crippen LogP) is 1.42. The van der Waals surface area contributed by atoms with Crippen molar-refractivity contribution in [2.75, 3.05) is 11.4 Å². The number of aryl methyl sites for hydroxylation is 1. The second-order valence-electron chi connectivity index (χ2n) is 7.25. The summed E-state index contributed by atoms with van der Waals surface area (Å²) < 4.78 is 28.4. The highest BCUT2D eigenvalue weighted by Crippen LogP contribution is 2.46. The van der Waals surface area contributed by atoms with E-state index < -0.39 is 17.4 Å². The second kappa shape index (κ2) is 5.82. The molecule has 1 aliphatic carbocycles. The first kappa shape index (κ1) is 17.0. The molecule has 0 aromatic carbocycles. The summed E-state index contributed by atoms with van der Waals surface area (Å²) >= 11 is 0. The summed E-state index contributed by atoms with van der Waals surface area (Å²) in [5, 5.41) is 10.8. The summed E-state index contributed by atoms with van der Waals surface area (Å²) in [6.07, 6.45) is 5.67. The van der Waals surface area contributed by atoms with Crippen molar-refractivity contribution in [3.05, 3.63) is 6.33 Å². The monoisotopic (exact) mass is 365 g/mol. The Labute approximate surface area is 149 Å². The highest BCUT2D eigenvalue weighted by molar-refractivity contribution is 5.85. The number of nitrogens with zero attached hydrogens (tertiary/aromatic N) is 6. The number of anilines is 1. The molecule has 140 valence electrons. The lowest BCUT2D eigenvalue weighted by atomic mass is 9.88. The molecule has 26 heavy (non-hydrogen) atoms. The van der Waals surface area contributed by atoms with Gasteiger partial charge in [0.2, 0.25) is 0 Å². The number of hydrogen-bond acceptors (Lipinski definition) is 6. The Balaban J connectivity index is 1.72. The van der Waals surface area contributed by atoms with Crippen LogP contribution < -0.4 is 10.2 Å². The molecular weight excluding hydrogens is 344 g/mol. The molecule has 1 spiro atoms. The Morgan fingerprint density at radius 3 is 2.77 bits per heavy atom. The van der Waals surface area contributed by atoms with E-state index in [-0.39, 0.29) is 6.04 Å². The first-order valence-corrected chi connectivity index (χ1v) is 8.80. The smallest absolute Gasteiger partial charge is 0.321 e. The van der Waals surface area contributed by atoms with Gasteiger partial charge in [-0.15, -0.1) is 5.10 Å². The molecule has 1 atom stereocenters. The number of halogens is 2. The number of amides is 1. The van der Waals surface area contributed by atoms with Crippen LogP contribution in [0.1, 0.15) is 39.0 Å². The van der Waals surface area contributed by atoms with E-state index in [4.69, 9.17) is 0 Å². The molecule has 3 heterocycles. The van der Waals surface area contributed by atoms with Crippen molar-refractivity contribution < 1.29 is 13.6 Å². The Bertz CT molecular complexity index is 841. The lowest BCUT2D eigenvalue weighted by Gasteiger charge is -2.40. The number of alkyl halides is 2. The van der Waals surface area contributed by atoms with E-state index in [1.165, 1.54) is 6.33 Å². The van der Waals surface area contributed by atoms with Crippen molar-refractivity contribution in [1.82, 2.24) is 30.3 Å². The quantitative estimate of drug-likeness (QED) is 0.885. The topological polar surface area (TPSA) is 88.8 Å². The summed E-state index contributed by atoms with van der Waals surface area (Å²) in [5.74, 6) is -3.95. The molecule has 0 bridgehead atoms. The van der Waals surface area contributed by atoms with Crippen molar-refractivity contribution in [1.29, 1.82) is 0 Å². The van der Waals surface area contributed by atoms with Gasteiger partial charge in [-0.2, -0.15) is 8.78 Å². The van der Waals surface area contributed by atoms with Gasteiger partial charge in [-0.1, -0.05) is 18.1 Å². The molecule has 2 aromatic heterocycles. The van der Waals surface area contributed by atoms with Gasteiger partial charge in [-0.3, -0.25) is 4.79 Å². The zero-order valence-corrected chi connectivity index (χ0v) is 14.7. The molecule has 4 rings (SSSR count). The van der Waals surface area contributed by atoms with E-state index in [2.05, 4.69) is 30.5 Å². The highest BCUT2D eigenvalue weighted by Gasteiger charge is 2.53. The Hall–Kier alpha value is -2.39. The van der Waals surface area contributed by atoms with Gasteiger partial charge in [0.05, 0.1) is 11.6 Å². The lowest BCUT2D eigenvalue weighted by Crippen LogP contribution is -2.57. The number of fused-ring (bicyclic) bond motifs is 1. The number of carbonyl (C=O) groups excluding carboxylic acids is 1. The highest BCUT2D eigenvalue weighted by atomic mass is 19.3. The van der Waals surface area contributed by atoms with Crippen LogP contribution in [0.3, 0.4) is 0 Å². The summed E-state index contributed by atoms with van der Waals surface area (Å²) in [5.41, 5.74) is 0.796. The van der Waals surface area contributed by atoms with Crippen molar-refractivity contribution in [3.8, 4) is 0 Å². The van der Waals surface area contributed by atoms with Crippen LogP contribution in [0, 0.1) is 0 Å². The van der Waals surface area contributed by atoms with E-state index in [0.717, 1.165) is 25.7 Å². The summed E-state index contributed by atoms with van der Waals surface area (Å²) in [7, 11) is 1.76. The third-order valence-electron chi connectivity index (χ3n) is 5.63. The van der Waals surface area contributed by atoms with E-state index in [9.17, 15) is 13.6 Å². The maximum atomic E-state index is 13.4. The van der Waals surface area contributed by atoms with Gasteiger partial charge in [0.25, 0.3) is 5.91 Å². The van der Waals surface area contributed by atoms with Gasteiger partial charge in [0, 0.05) is 20.5 Å². The molecule has 1 unspecified atom stereocenters. The van der Waals surface area contributed by atoms with Crippen molar-refractivity contribution in [2.45, 2.75) is 56.5 Å². The van der Waals surface area contributed by atoms with Crippen LogP contribution in [0.25, 0.3) is 11.2 Å². The van der Waals surface area contributed by atoms with Crippen LogP contribution in [-0.4, -0.2) is 54.9 Å². The molecular formula is C16H21F2N7O. The van der Waals surface area contributed by atoms with Crippen LogP contribution in [0.2, 0.25) is 0 Å². The van der Waals surface area contributed by atoms with Crippen LogP contribution in [0.5, 0.6) is 0 Å². The molecule has 1 saturated heterocycles. The predicted molar refractivity (Wildman–Crippen MR) is 89.8 cm³/mol. The fourth-order valence-corrected chi connectivity index (χ4v) is 4.39. The third-order valence-corrected chi connectivity index (χ3v) is 5.63. The molecule has 10 heteroatoms. The largest absolute Gasteiger partial charge is 0.347 e. The molecule has 1 saturated carbocycles. The van der Waals surface area contributed by atoms with Crippen molar-refractivity contribution >= 4 is 22.9 Å². The van der Waals surface area contributed by atoms with Gasteiger partial charge >= 0.3 is 5.92 Å². The Morgan fingerprint density at radius 1 is 1.35 bits per heavy atom. The van der Waals surface area contributed by atoms with E-state index in [1.54, 1.807) is 11.7 Å². The zero-order valence-electron chi connectivity index (χ0n) is 14.7. The molecule has 8 nitrogen and oxygen atoms in total. The maximum Gasteiger partial charge on any atom is 0.321 e. The lowest BCUT2D eigenvalue weighted by molar-refractivity contribution is -0.144. The van der Waals surface area contributed by atoms with Crippen LogP contribution >= 0.6 is 0 Å². The SMILES string of the molecule is Cn1nnc2c(N3CCC(NC(=O)C(C)(F)F)C34CCCC4)ncnc21. The molecule has 2 fully saturated rings. The minimum atomic E-state index is -3.39. The first-order valence-electron chi connectivity index (χ1n) is 8.80. The number of carbonyl (C=O) groups is 1. The van der Waals surface area contributed by atoms with Crippen molar-refractivity contribution in [3.63, 3.8) is 0 Å². The standard InChI is InChI=1S/C16H21F2N7O/c1-15(17,18)14(26)21-10-5-8-25(16(10)6-3-4-7-16)13-11-12(19-9-20-13)24(2)23-22-11/h9-10H,3-8H2,1-2H3,(H,21,26). The van der Waals surface area contributed by atoms with E-state index >= 15 is 0 Å². The first-order chi connectivity index (χ1) is 12.3. The number of aromatic nitrogens is 5. The number of hydrogen-bond donors (Lipinski definition) is 1. The van der Waals surface area contributed by atoms with Gasteiger partial charge < -0.3 is 10.2 Å². The van der Waals surface area contributed by atoms with Gasteiger partial charge in [0.1, 0.15) is 6.33 Å². The number of nitrogens with one attached hydrogen (secondary N) is 1. The molecule has 1 N–H and O–H groups in total. The van der Waals surface area contributed by atoms with Crippen LogP contribution in [0.4, 0.5) is 14.6 Å². The molecule has 0 radical (unpaired) electrons. The van der Waals surface area contributed by atoms with Gasteiger partial charge in [-0.05, 0) is 19.3 Å². The minimum Gasteiger partial charge on any atom is -0.347 e. The van der Waals surface area contributed by atoms with Crippen molar-refractivity contribution in [2.24, 2.45) is 7.05 Å². The summed E-state index contributed by atoms with van der Waals surface area (Å²) in [4.78, 5) is 22.7. The summed E-state index contributed by atoms with van der Waals surface area (Å²) in [6.45, 7) is 1.24. The fourth-order valence-electron chi connectivity index (χ4n) is 4.39. The molecule has 1 amide bonds. The Kier molecular flexibility index (Phi) is 3.81. The number of rotatable bonds is 3. The minimum absolute atomic E-state index is 0.343. The second-order valence-corrected chi connectivity index (χ2v) is 7.25. The van der Waals surface area contributed by atoms with E-state index in [0.29, 0.717) is 36.9 Å². The van der Waals surface area contributed by atoms with Gasteiger partial charge in [0.15, 0.2) is 17.0 Å². The molecule has 2 aliphatic rings. The Morgan fingerprint density at radius 2 is 2.08 bits per heavy atom. The maximum absolute atomic E-state index is 13.4. The summed E-state index contributed by atoms with van der Waals surface area (Å²) in [6, 6.07) is -0.343. The molecule has 1 aliphatic heterocycles. The molecule has 2 aromatic rings. The fraction of sp³-hybridized carbons (Fsp3) is 0.688. The normalized spacial score (nSPS) is 22.5. The van der Waals surface area contributed by atoms with Gasteiger partial charge in [-0.25, -0.2) is 14.6 Å². The zero-order chi connectivity index (χ0) is 18.5.